The Morgan fingerprint density at radius 2 is 1.37 bits per heavy atom. The maximum absolute atomic E-state index is 6.29. The van der Waals surface area contributed by atoms with E-state index in [-0.39, 0.29) is 0 Å². The Labute approximate surface area is 165 Å². The fraction of sp³-hybridized carbons (Fsp3) is 0.217. The Morgan fingerprint density at radius 3 is 2.07 bits per heavy atom. The van der Waals surface area contributed by atoms with Crippen LogP contribution in [-0.4, -0.2) is 19.8 Å². The summed E-state index contributed by atoms with van der Waals surface area (Å²) in [6.07, 6.45) is 0.903. The number of halogens is 1. The molecule has 4 heteroatoms. The first-order valence-corrected chi connectivity index (χ1v) is 9.40. The topological polar surface area (TPSA) is 27.7 Å². The zero-order valence-electron chi connectivity index (χ0n) is 15.1. The molecule has 0 aliphatic rings. The standard InChI is InChI=1S/C23H23ClO3/c24-22-17-21(11-12-23(22)27-18-20-9-5-2-6-10-20)26-16-15-25-14-13-19-7-3-1-4-8-19/h1-12,17H,13-16,18H2. The second-order valence-electron chi connectivity index (χ2n) is 6.06. The summed E-state index contributed by atoms with van der Waals surface area (Å²) in [6, 6.07) is 25.7. The highest BCUT2D eigenvalue weighted by Crippen LogP contribution is 2.29. The Bertz CT molecular complexity index is 806. The normalized spacial score (nSPS) is 10.6. The maximum atomic E-state index is 6.29. The minimum absolute atomic E-state index is 0.481. The van der Waals surface area contributed by atoms with E-state index in [0.717, 1.165) is 12.0 Å². The molecule has 0 fully saturated rings. The van der Waals surface area contributed by atoms with Gasteiger partial charge < -0.3 is 14.2 Å². The second kappa shape index (κ2) is 10.6. The van der Waals surface area contributed by atoms with Crippen molar-refractivity contribution in [3.63, 3.8) is 0 Å². The molecule has 0 unspecified atom stereocenters. The minimum Gasteiger partial charge on any atom is -0.491 e. The highest BCUT2D eigenvalue weighted by atomic mass is 35.5. The number of hydrogen-bond donors (Lipinski definition) is 0. The van der Waals surface area contributed by atoms with Gasteiger partial charge in [0.15, 0.2) is 0 Å². The van der Waals surface area contributed by atoms with Gasteiger partial charge >= 0.3 is 0 Å². The van der Waals surface area contributed by atoms with Crippen molar-refractivity contribution < 1.29 is 14.2 Å². The van der Waals surface area contributed by atoms with E-state index in [9.17, 15) is 0 Å². The van der Waals surface area contributed by atoms with Crippen molar-refractivity contribution in [3.05, 3.63) is 95.0 Å². The average Bonchev–Trinajstić information content (AvgIpc) is 2.71. The number of rotatable bonds is 10. The number of ether oxygens (including phenoxy) is 3. The van der Waals surface area contributed by atoms with Crippen molar-refractivity contribution in [2.45, 2.75) is 13.0 Å². The van der Waals surface area contributed by atoms with E-state index >= 15 is 0 Å². The van der Waals surface area contributed by atoms with Crippen LogP contribution in [0.3, 0.4) is 0 Å². The average molecular weight is 383 g/mol. The summed E-state index contributed by atoms with van der Waals surface area (Å²) in [5, 5.41) is 0.536. The van der Waals surface area contributed by atoms with Gasteiger partial charge in [-0.3, -0.25) is 0 Å². The van der Waals surface area contributed by atoms with Crippen molar-refractivity contribution in [2.75, 3.05) is 19.8 Å². The Kier molecular flexibility index (Phi) is 7.57. The fourth-order valence-corrected chi connectivity index (χ4v) is 2.80. The third-order valence-corrected chi connectivity index (χ3v) is 4.31. The summed E-state index contributed by atoms with van der Waals surface area (Å²) in [5.74, 6) is 1.35. The lowest BCUT2D eigenvalue weighted by Crippen LogP contribution is -2.08. The summed E-state index contributed by atoms with van der Waals surface area (Å²) in [6.45, 7) is 2.18. The van der Waals surface area contributed by atoms with E-state index in [0.29, 0.717) is 42.9 Å². The second-order valence-corrected chi connectivity index (χ2v) is 6.47. The predicted molar refractivity (Wildman–Crippen MR) is 109 cm³/mol. The van der Waals surface area contributed by atoms with Crippen LogP contribution in [0.15, 0.2) is 78.9 Å². The molecule has 0 bridgehead atoms. The number of hydrogen-bond acceptors (Lipinski definition) is 3. The van der Waals surface area contributed by atoms with Crippen LogP contribution in [0.5, 0.6) is 11.5 Å². The first kappa shape index (κ1) is 19.3. The van der Waals surface area contributed by atoms with Gasteiger partial charge in [0.05, 0.1) is 18.2 Å². The van der Waals surface area contributed by atoms with E-state index in [2.05, 4.69) is 12.1 Å². The molecule has 0 aromatic heterocycles. The lowest BCUT2D eigenvalue weighted by atomic mass is 10.2. The van der Waals surface area contributed by atoms with Crippen molar-refractivity contribution in [3.8, 4) is 11.5 Å². The molecule has 0 saturated heterocycles. The molecule has 0 saturated carbocycles. The molecule has 3 aromatic rings. The lowest BCUT2D eigenvalue weighted by Gasteiger charge is -2.11. The molecule has 3 aromatic carbocycles. The molecular weight excluding hydrogens is 360 g/mol. The predicted octanol–water partition coefficient (Wildman–Crippen LogP) is 5.56. The molecular formula is C23H23ClO3. The molecule has 0 aliphatic heterocycles. The lowest BCUT2D eigenvalue weighted by molar-refractivity contribution is 0.102. The van der Waals surface area contributed by atoms with E-state index < -0.39 is 0 Å². The monoisotopic (exact) mass is 382 g/mol. The van der Waals surface area contributed by atoms with Crippen molar-refractivity contribution in [1.82, 2.24) is 0 Å². The summed E-state index contributed by atoms with van der Waals surface area (Å²) >= 11 is 6.29. The zero-order chi connectivity index (χ0) is 18.7. The van der Waals surface area contributed by atoms with Crippen LogP contribution in [-0.2, 0) is 17.8 Å². The summed E-state index contributed by atoms with van der Waals surface area (Å²) in [5.41, 5.74) is 2.37. The summed E-state index contributed by atoms with van der Waals surface area (Å²) < 4.78 is 17.1. The van der Waals surface area contributed by atoms with Gasteiger partial charge in [0.2, 0.25) is 0 Å². The fourth-order valence-electron chi connectivity index (χ4n) is 2.58. The van der Waals surface area contributed by atoms with Crippen LogP contribution in [0.4, 0.5) is 0 Å². The Morgan fingerprint density at radius 1 is 0.667 bits per heavy atom. The Balaban J connectivity index is 1.36. The van der Waals surface area contributed by atoms with Gasteiger partial charge in [-0.2, -0.15) is 0 Å². The first-order valence-electron chi connectivity index (χ1n) is 9.02. The van der Waals surface area contributed by atoms with E-state index in [4.69, 9.17) is 25.8 Å². The van der Waals surface area contributed by atoms with Crippen LogP contribution < -0.4 is 9.47 Å². The van der Waals surface area contributed by atoms with Gasteiger partial charge in [-0.25, -0.2) is 0 Å². The maximum Gasteiger partial charge on any atom is 0.138 e. The molecule has 3 rings (SSSR count). The largest absolute Gasteiger partial charge is 0.491 e. The van der Waals surface area contributed by atoms with E-state index in [1.165, 1.54) is 5.56 Å². The molecule has 0 spiro atoms. The molecule has 0 N–H and O–H groups in total. The number of benzene rings is 3. The summed E-state index contributed by atoms with van der Waals surface area (Å²) in [4.78, 5) is 0. The van der Waals surface area contributed by atoms with Crippen molar-refractivity contribution in [1.29, 1.82) is 0 Å². The van der Waals surface area contributed by atoms with Gasteiger partial charge in [-0.1, -0.05) is 72.3 Å². The van der Waals surface area contributed by atoms with Crippen LogP contribution in [0.2, 0.25) is 5.02 Å². The third-order valence-electron chi connectivity index (χ3n) is 4.01. The van der Waals surface area contributed by atoms with Gasteiger partial charge in [-0.15, -0.1) is 0 Å². The smallest absolute Gasteiger partial charge is 0.138 e. The molecule has 0 radical (unpaired) electrons. The highest BCUT2D eigenvalue weighted by Gasteiger charge is 2.05. The molecule has 0 heterocycles. The quantitative estimate of drug-likeness (QED) is 0.430. The van der Waals surface area contributed by atoms with Crippen molar-refractivity contribution >= 4 is 11.6 Å². The van der Waals surface area contributed by atoms with Crippen LogP contribution in [0.25, 0.3) is 0 Å². The molecule has 3 nitrogen and oxygen atoms in total. The molecule has 0 atom stereocenters. The molecule has 140 valence electrons. The van der Waals surface area contributed by atoms with Gasteiger partial charge in [0.1, 0.15) is 24.7 Å². The highest BCUT2D eigenvalue weighted by molar-refractivity contribution is 6.32. The molecule has 27 heavy (non-hydrogen) atoms. The van der Waals surface area contributed by atoms with Crippen LogP contribution in [0.1, 0.15) is 11.1 Å². The van der Waals surface area contributed by atoms with Gasteiger partial charge in [-0.05, 0) is 29.7 Å². The van der Waals surface area contributed by atoms with Gasteiger partial charge in [0, 0.05) is 6.07 Å². The SMILES string of the molecule is Clc1cc(OCCOCCc2ccccc2)ccc1OCc1ccccc1. The summed E-state index contributed by atoms with van der Waals surface area (Å²) in [7, 11) is 0. The Hall–Kier alpha value is -2.49. The molecule has 0 aliphatic carbocycles. The minimum atomic E-state index is 0.481. The third kappa shape index (κ3) is 6.63. The first-order chi connectivity index (χ1) is 13.3. The van der Waals surface area contributed by atoms with E-state index in [1.807, 2.05) is 60.7 Å². The van der Waals surface area contributed by atoms with Crippen LogP contribution in [0, 0.1) is 0 Å². The zero-order valence-corrected chi connectivity index (χ0v) is 15.9. The van der Waals surface area contributed by atoms with Crippen molar-refractivity contribution in [2.24, 2.45) is 0 Å². The van der Waals surface area contributed by atoms with Crippen LogP contribution >= 0.6 is 11.6 Å². The van der Waals surface area contributed by atoms with E-state index in [1.54, 1.807) is 6.07 Å². The molecule has 0 amide bonds. The van der Waals surface area contributed by atoms with Gasteiger partial charge in [0.25, 0.3) is 0 Å².